The molecule has 0 N–H and O–H groups in total. The van der Waals surface area contributed by atoms with Crippen molar-refractivity contribution in [3.05, 3.63) is 72.3 Å². The zero-order chi connectivity index (χ0) is 14.1. The largest absolute Gasteiger partial charge is 0.497 e. The molecule has 1 amide bonds. The third kappa shape index (κ3) is 1.88. The van der Waals surface area contributed by atoms with Gasteiger partial charge in [0.1, 0.15) is 5.75 Å². The van der Waals surface area contributed by atoms with Gasteiger partial charge in [0.2, 0.25) is 0 Å². The van der Waals surface area contributed by atoms with Crippen molar-refractivity contribution in [2.24, 2.45) is 0 Å². The van der Waals surface area contributed by atoms with Gasteiger partial charge in [0, 0.05) is 11.3 Å². The smallest absolute Gasteiger partial charge is 0.256 e. The van der Waals surface area contributed by atoms with Crippen LogP contribution in [0.4, 0.5) is 5.69 Å². The van der Waals surface area contributed by atoms with Crippen molar-refractivity contribution in [2.75, 3.05) is 12.0 Å². The molecular formula is C17H15NO2. The summed E-state index contributed by atoms with van der Waals surface area (Å²) in [7, 11) is 1.62. The topological polar surface area (TPSA) is 29.5 Å². The molecule has 3 heteroatoms. The van der Waals surface area contributed by atoms with E-state index in [4.69, 9.17) is 4.74 Å². The molecule has 2 aromatic carbocycles. The van der Waals surface area contributed by atoms with Crippen LogP contribution >= 0.6 is 0 Å². The molecule has 0 aliphatic carbocycles. The zero-order valence-corrected chi connectivity index (χ0v) is 11.2. The van der Waals surface area contributed by atoms with Gasteiger partial charge in [0.15, 0.2) is 0 Å². The summed E-state index contributed by atoms with van der Waals surface area (Å²) < 4.78 is 5.14. The number of anilines is 1. The van der Waals surface area contributed by atoms with E-state index < -0.39 is 0 Å². The van der Waals surface area contributed by atoms with E-state index >= 15 is 0 Å². The van der Waals surface area contributed by atoms with Gasteiger partial charge in [-0.25, -0.2) is 0 Å². The number of amides is 1. The fraction of sp³-hybridized carbons (Fsp3) is 0.118. The van der Waals surface area contributed by atoms with Crippen LogP contribution < -0.4 is 9.64 Å². The summed E-state index contributed by atoms with van der Waals surface area (Å²) in [6, 6.07) is 17.3. The molecule has 0 aromatic heterocycles. The van der Waals surface area contributed by atoms with Crippen molar-refractivity contribution >= 4 is 11.6 Å². The number of β-lactam (4-membered cyclic amide) rings is 1. The Kier molecular flexibility index (Phi) is 3.03. The number of hydrogen-bond acceptors (Lipinski definition) is 2. The number of ether oxygens (including phenoxy) is 1. The maximum Gasteiger partial charge on any atom is 0.256 e. The first-order valence-corrected chi connectivity index (χ1v) is 6.43. The van der Waals surface area contributed by atoms with Crippen LogP contribution in [-0.4, -0.2) is 13.0 Å². The van der Waals surface area contributed by atoms with E-state index in [9.17, 15) is 4.79 Å². The monoisotopic (exact) mass is 265 g/mol. The Balaban J connectivity index is 1.94. The van der Waals surface area contributed by atoms with E-state index in [2.05, 4.69) is 6.58 Å². The lowest BCUT2D eigenvalue weighted by molar-refractivity contribution is -0.118. The lowest BCUT2D eigenvalue weighted by Gasteiger charge is -2.42. The van der Waals surface area contributed by atoms with Crippen LogP contribution in [0.25, 0.3) is 0 Å². The second-order valence-corrected chi connectivity index (χ2v) is 4.71. The molecule has 1 aliphatic rings. The fourth-order valence-corrected chi connectivity index (χ4v) is 2.47. The molecule has 1 fully saturated rings. The molecular weight excluding hydrogens is 250 g/mol. The van der Waals surface area contributed by atoms with Crippen molar-refractivity contribution in [1.82, 2.24) is 0 Å². The van der Waals surface area contributed by atoms with E-state index in [1.165, 1.54) is 0 Å². The molecule has 100 valence electrons. The highest BCUT2D eigenvalue weighted by molar-refractivity contribution is 6.15. The van der Waals surface area contributed by atoms with Crippen molar-refractivity contribution in [3.8, 4) is 5.75 Å². The molecule has 20 heavy (non-hydrogen) atoms. The summed E-state index contributed by atoms with van der Waals surface area (Å²) in [5, 5.41) is 0. The maximum atomic E-state index is 12.1. The minimum Gasteiger partial charge on any atom is -0.497 e. The van der Waals surface area contributed by atoms with E-state index in [1.807, 2.05) is 54.6 Å². The van der Waals surface area contributed by atoms with Gasteiger partial charge < -0.3 is 4.74 Å². The first-order valence-electron chi connectivity index (χ1n) is 6.43. The van der Waals surface area contributed by atoms with Crippen molar-refractivity contribution in [2.45, 2.75) is 6.04 Å². The molecule has 0 spiro atoms. The van der Waals surface area contributed by atoms with Gasteiger partial charge in [0.25, 0.3) is 5.91 Å². The lowest BCUT2D eigenvalue weighted by Crippen LogP contribution is -2.48. The van der Waals surface area contributed by atoms with Gasteiger partial charge in [-0.2, -0.15) is 0 Å². The van der Waals surface area contributed by atoms with Gasteiger partial charge in [-0.3, -0.25) is 9.69 Å². The second kappa shape index (κ2) is 4.85. The van der Waals surface area contributed by atoms with E-state index in [0.717, 1.165) is 17.0 Å². The molecule has 0 unspecified atom stereocenters. The van der Waals surface area contributed by atoms with E-state index in [1.54, 1.807) is 12.0 Å². The first-order chi connectivity index (χ1) is 9.72. The van der Waals surface area contributed by atoms with E-state index in [-0.39, 0.29) is 11.9 Å². The van der Waals surface area contributed by atoms with Crippen molar-refractivity contribution in [3.63, 3.8) is 0 Å². The molecule has 3 nitrogen and oxygen atoms in total. The fourth-order valence-electron chi connectivity index (χ4n) is 2.47. The van der Waals surface area contributed by atoms with Crippen LogP contribution in [0.15, 0.2) is 66.7 Å². The zero-order valence-electron chi connectivity index (χ0n) is 11.2. The van der Waals surface area contributed by atoms with Crippen LogP contribution in [0.2, 0.25) is 0 Å². The predicted octanol–water partition coefficient (Wildman–Crippen LogP) is 3.34. The van der Waals surface area contributed by atoms with Crippen molar-refractivity contribution in [1.29, 1.82) is 0 Å². The number of carbonyl (C=O) groups is 1. The highest BCUT2D eigenvalue weighted by Crippen LogP contribution is 2.42. The highest BCUT2D eigenvalue weighted by atomic mass is 16.5. The Bertz CT molecular complexity index is 646. The summed E-state index contributed by atoms with van der Waals surface area (Å²) >= 11 is 0. The number of benzene rings is 2. The lowest BCUT2D eigenvalue weighted by atomic mass is 9.88. The standard InChI is InChI=1S/C17H15NO2/c1-12-16(13-6-4-3-5-7-13)18(17(12)19)14-8-10-15(20-2)11-9-14/h3-11,16H,1H2,2H3/t16-/m1/s1. The number of carbonyl (C=O) groups excluding carboxylic acids is 1. The summed E-state index contributed by atoms with van der Waals surface area (Å²) in [4.78, 5) is 13.9. The van der Waals surface area contributed by atoms with Crippen LogP contribution in [-0.2, 0) is 4.79 Å². The second-order valence-electron chi connectivity index (χ2n) is 4.71. The summed E-state index contributed by atoms with van der Waals surface area (Å²) in [5.74, 6) is 0.751. The summed E-state index contributed by atoms with van der Waals surface area (Å²) in [6.07, 6.45) is 0. The van der Waals surface area contributed by atoms with Crippen molar-refractivity contribution < 1.29 is 9.53 Å². The molecule has 1 saturated heterocycles. The van der Waals surface area contributed by atoms with E-state index in [0.29, 0.717) is 5.57 Å². The molecule has 1 aliphatic heterocycles. The third-order valence-electron chi connectivity index (χ3n) is 3.55. The third-order valence-corrected chi connectivity index (χ3v) is 3.55. The van der Waals surface area contributed by atoms with Gasteiger partial charge in [0.05, 0.1) is 13.2 Å². The average molecular weight is 265 g/mol. The van der Waals surface area contributed by atoms with Crippen LogP contribution in [0.3, 0.4) is 0 Å². The molecule has 2 aromatic rings. The molecule has 3 rings (SSSR count). The Labute approximate surface area is 118 Å². The summed E-state index contributed by atoms with van der Waals surface area (Å²) in [6.45, 7) is 3.89. The van der Waals surface area contributed by atoms with Gasteiger partial charge in [-0.1, -0.05) is 36.9 Å². The number of hydrogen-bond donors (Lipinski definition) is 0. The highest BCUT2D eigenvalue weighted by Gasteiger charge is 2.42. The predicted molar refractivity (Wildman–Crippen MR) is 78.8 cm³/mol. The number of rotatable bonds is 3. The SMILES string of the molecule is C=C1C(=O)N(c2ccc(OC)cc2)[C@H]1c1ccccc1. The summed E-state index contributed by atoms with van der Waals surface area (Å²) in [5.41, 5.74) is 2.57. The molecule has 0 bridgehead atoms. The molecule has 0 radical (unpaired) electrons. The van der Waals surface area contributed by atoms with Gasteiger partial charge in [-0.15, -0.1) is 0 Å². The molecule has 0 saturated carbocycles. The molecule has 1 atom stereocenters. The van der Waals surface area contributed by atoms with Crippen LogP contribution in [0, 0.1) is 0 Å². The van der Waals surface area contributed by atoms with Crippen LogP contribution in [0.5, 0.6) is 5.75 Å². The first kappa shape index (κ1) is 12.5. The quantitative estimate of drug-likeness (QED) is 0.629. The Morgan fingerprint density at radius 1 is 1.05 bits per heavy atom. The Hall–Kier alpha value is -2.55. The Morgan fingerprint density at radius 3 is 2.30 bits per heavy atom. The number of nitrogens with zero attached hydrogens (tertiary/aromatic N) is 1. The minimum atomic E-state index is -0.0721. The van der Waals surface area contributed by atoms with Gasteiger partial charge >= 0.3 is 0 Å². The maximum absolute atomic E-state index is 12.1. The van der Waals surface area contributed by atoms with Gasteiger partial charge in [-0.05, 0) is 29.8 Å². The normalized spacial score (nSPS) is 17.9. The average Bonchev–Trinajstić information content (AvgIpc) is 2.52. The van der Waals surface area contributed by atoms with Crippen LogP contribution in [0.1, 0.15) is 11.6 Å². The number of methoxy groups -OCH3 is 1. The minimum absolute atomic E-state index is 0.0241. The molecule has 1 heterocycles. The Morgan fingerprint density at radius 2 is 1.70 bits per heavy atom.